The maximum absolute atomic E-state index is 12.0. The van der Waals surface area contributed by atoms with E-state index in [1.165, 1.54) is 0 Å². The number of halogens is 3. The first-order chi connectivity index (χ1) is 8.22. The molecule has 0 saturated carbocycles. The number of para-hydroxylation sites is 1. The zero-order valence-electron chi connectivity index (χ0n) is 8.98. The second-order valence-electron chi connectivity index (χ2n) is 3.12. The van der Waals surface area contributed by atoms with Crippen LogP contribution in [0.25, 0.3) is 0 Å². The summed E-state index contributed by atoms with van der Waals surface area (Å²) in [6.07, 6.45) is 0. The smallest absolute Gasteiger partial charge is 0.486 e. The van der Waals surface area contributed by atoms with Gasteiger partial charge in [-0.2, -0.15) is 21.6 Å². The third kappa shape index (κ3) is 3.95. The quantitative estimate of drug-likeness (QED) is 0.473. The van der Waals surface area contributed by atoms with E-state index in [4.69, 9.17) is 4.74 Å². The highest BCUT2D eigenvalue weighted by Crippen LogP contribution is 2.26. The number of hydrogen-bond donors (Lipinski definition) is 0. The lowest BCUT2D eigenvalue weighted by Gasteiger charge is -2.12. The van der Waals surface area contributed by atoms with Gasteiger partial charge in [-0.1, -0.05) is 24.8 Å². The Kier molecular flexibility index (Phi) is 4.23. The van der Waals surface area contributed by atoms with E-state index in [9.17, 15) is 21.6 Å². The van der Waals surface area contributed by atoms with Crippen LogP contribution in [0.2, 0.25) is 0 Å². The SMILES string of the molecule is C=C(COc1ccccc1)OS(=O)(=O)C(F)(F)F. The maximum Gasteiger partial charge on any atom is 0.534 e. The Bertz CT molecular complexity index is 508. The predicted molar refractivity (Wildman–Crippen MR) is 57.1 cm³/mol. The molecule has 0 aromatic heterocycles. The fourth-order valence-corrected chi connectivity index (χ4v) is 1.36. The molecule has 0 aliphatic rings. The van der Waals surface area contributed by atoms with Crippen molar-refractivity contribution in [1.29, 1.82) is 0 Å². The van der Waals surface area contributed by atoms with Gasteiger partial charge in [-0.15, -0.1) is 0 Å². The topological polar surface area (TPSA) is 52.6 Å². The van der Waals surface area contributed by atoms with E-state index in [0.717, 1.165) is 0 Å². The first-order valence-electron chi connectivity index (χ1n) is 4.59. The molecule has 0 heterocycles. The lowest BCUT2D eigenvalue weighted by atomic mass is 10.3. The van der Waals surface area contributed by atoms with Crippen molar-refractivity contribution in [1.82, 2.24) is 0 Å². The van der Waals surface area contributed by atoms with E-state index in [-0.39, 0.29) is 0 Å². The Morgan fingerprint density at radius 1 is 1.22 bits per heavy atom. The molecule has 0 N–H and O–H groups in total. The van der Waals surface area contributed by atoms with Crippen LogP contribution in [0.15, 0.2) is 42.7 Å². The molecular formula is C10H9F3O4S. The minimum Gasteiger partial charge on any atom is -0.486 e. The first kappa shape index (κ1) is 14.4. The number of ether oxygens (including phenoxy) is 1. The van der Waals surface area contributed by atoms with E-state index >= 15 is 0 Å². The van der Waals surface area contributed by atoms with Gasteiger partial charge in [0.05, 0.1) is 0 Å². The average Bonchev–Trinajstić information content (AvgIpc) is 2.26. The highest BCUT2D eigenvalue weighted by atomic mass is 32.2. The summed E-state index contributed by atoms with van der Waals surface area (Å²) in [6.45, 7) is 2.54. The molecule has 0 radical (unpaired) electrons. The summed E-state index contributed by atoms with van der Waals surface area (Å²) >= 11 is 0. The number of benzene rings is 1. The second kappa shape index (κ2) is 5.30. The molecule has 0 spiro atoms. The van der Waals surface area contributed by atoms with Crippen molar-refractivity contribution in [3.8, 4) is 5.75 Å². The van der Waals surface area contributed by atoms with E-state index in [1.807, 2.05) is 0 Å². The minimum atomic E-state index is -5.68. The van der Waals surface area contributed by atoms with Crippen LogP contribution in [0, 0.1) is 0 Å². The molecule has 100 valence electrons. The molecule has 0 bridgehead atoms. The highest BCUT2D eigenvalue weighted by molar-refractivity contribution is 7.87. The molecule has 1 aromatic rings. The molecule has 8 heteroatoms. The molecule has 18 heavy (non-hydrogen) atoms. The summed E-state index contributed by atoms with van der Waals surface area (Å²) in [4.78, 5) is 0. The summed E-state index contributed by atoms with van der Waals surface area (Å²) < 4.78 is 65.8. The second-order valence-corrected chi connectivity index (χ2v) is 4.66. The normalized spacial score (nSPS) is 11.9. The van der Waals surface area contributed by atoms with Gasteiger partial charge in [-0.25, -0.2) is 0 Å². The molecule has 0 amide bonds. The van der Waals surface area contributed by atoms with Crippen molar-refractivity contribution in [3.63, 3.8) is 0 Å². The van der Waals surface area contributed by atoms with Gasteiger partial charge < -0.3 is 8.92 Å². The van der Waals surface area contributed by atoms with E-state index < -0.39 is 28.0 Å². The molecule has 0 saturated heterocycles. The van der Waals surface area contributed by atoms with Gasteiger partial charge in [-0.3, -0.25) is 0 Å². The largest absolute Gasteiger partial charge is 0.534 e. The van der Waals surface area contributed by atoms with Crippen molar-refractivity contribution in [2.75, 3.05) is 6.61 Å². The van der Waals surface area contributed by atoms with Crippen LogP contribution in [0.3, 0.4) is 0 Å². The van der Waals surface area contributed by atoms with Crippen molar-refractivity contribution in [2.45, 2.75) is 5.51 Å². The minimum absolute atomic E-state index is 0.353. The van der Waals surface area contributed by atoms with Crippen LogP contribution in [0.4, 0.5) is 13.2 Å². The summed E-state index contributed by atoms with van der Waals surface area (Å²) in [5.74, 6) is -0.303. The van der Waals surface area contributed by atoms with Crippen molar-refractivity contribution >= 4 is 10.1 Å². The third-order valence-electron chi connectivity index (χ3n) is 1.65. The van der Waals surface area contributed by atoms with Crippen LogP contribution in [0.1, 0.15) is 0 Å². The summed E-state index contributed by atoms with van der Waals surface area (Å²) in [6, 6.07) is 8.10. The summed E-state index contributed by atoms with van der Waals surface area (Å²) in [5, 5.41) is 0. The summed E-state index contributed by atoms with van der Waals surface area (Å²) in [5.41, 5.74) is -5.48. The standard InChI is InChI=1S/C10H9F3O4S/c1-8(17-18(14,15)10(11,12)13)7-16-9-5-3-2-4-6-9/h2-6H,1,7H2. The van der Waals surface area contributed by atoms with Gasteiger partial charge >= 0.3 is 15.6 Å². The Labute approximate surface area is 102 Å². The van der Waals surface area contributed by atoms with Gasteiger partial charge in [0.25, 0.3) is 0 Å². The van der Waals surface area contributed by atoms with Crippen molar-refractivity contribution < 1.29 is 30.5 Å². The predicted octanol–water partition coefficient (Wildman–Crippen LogP) is 2.45. The van der Waals surface area contributed by atoms with Gasteiger partial charge in [0.15, 0.2) is 0 Å². The monoisotopic (exact) mass is 282 g/mol. The van der Waals surface area contributed by atoms with Crippen LogP contribution >= 0.6 is 0 Å². The number of alkyl halides is 3. The van der Waals surface area contributed by atoms with Gasteiger partial charge in [0.1, 0.15) is 18.1 Å². The molecule has 1 rings (SSSR count). The van der Waals surface area contributed by atoms with Gasteiger partial charge in [0, 0.05) is 0 Å². The van der Waals surface area contributed by atoms with E-state index in [1.54, 1.807) is 30.3 Å². The van der Waals surface area contributed by atoms with Crippen LogP contribution in [-0.4, -0.2) is 20.5 Å². The number of rotatable bonds is 5. The molecule has 0 aliphatic carbocycles. The fraction of sp³-hybridized carbons (Fsp3) is 0.200. The zero-order chi connectivity index (χ0) is 13.8. The Morgan fingerprint density at radius 3 is 2.28 bits per heavy atom. The number of hydrogen-bond acceptors (Lipinski definition) is 4. The van der Waals surface area contributed by atoms with Crippen LogP contribution in [0.5, 0.6) is 5.75 Å². The molecular weight excluding hydrogens is 273 g/mol. The third-order valence-corrected chi connectivity index (χ3v) is 2.68. The zero-order valence-corrected chi connectivity index (χ0v) is 9.79. The van der Waals surface area contributed by atoms with Crippen LogP contribution in [-0.2, 0) is 14.3 Å². The summed E-state index contributed by atoms with van der Waals surface area (Å²) in [7, 11) is -5.68. The van der Waals surface area contributed by atoms with Gasteiger partial charge in [-0.05, 0) is 12.1 Å². The fourth-order valence-electron chi connectivity index (χ4n) is 0.907. The molecule has 0 fully saturated rings. The lowest BCUT2D eigenvalue weighted by molar-refractivity contribution is -0.0525. The molecule has 0 unspecified atom stereocenters. The molecule has 4 nitrogen and oxygen atoms in total. The molecule has 0 aliphatic heterocycles. The molecule has 1 aromatic carbocycles. The lowest BCUT2D eigenvalue weighted by Crippen LogP contribution is -2.26. The first-order valence-corrected chi connectivity index (χ1v) is 5.99. The van der Waals surface area contributed by atoms with Gasteiger partial charge in [0.2, 0.25) is 0 Å². The van der Waals surface area contributed by atoms with E-state index in [2.05, 4.69) is 10.8 Å². The van der Waals surface area contributed by atoms with Crippen molar-refractivity contribution in [3.05, 3.63) is 42.7 Å². The van der Waals surface area contributed by atoms with Crippen LogP contribution < -0.4 is 4.74 Å². The highest BCUT2D eigenvalue weighted by Gasteiger charge is 2.48. The molecule has 0 atom stereocenters. The van der Waals surface area contributed by atoms with Crippen molar-refractivity contribution in [2.24, 2.45) is 0 Å². The Morgan fingerprint density at radius 2 is 1.78 bits per heavy atom. The Balaban J connectivity index is 2.54. The average molecular weight is 282 g/mol. The Hall–Kier alpha value is -1.70. The maximum atomic E-state index is 12.0. The van der Waals surface area contributed by atoms with E-state index in [0.29, 0.717) is 5.75 Å².